The maximum Gasteiger partial charge on any atom is 0.330 e. The van der Waals surface area contributed by atoms with Crippen molar-refractivity contribution in [1.82, 2.24) is 19.4 Å². The maximum atomic E-state index is 14.7. The molecule has 0 bridgehead atoms. The summed E-state index contributed by atoms with van der Waals surface area (Å²) in [5.41, 5.74) is 4.28. The zero-order chi connectivity index (χ0) is 61.1. The van der Waals surface area contributed by atoms with E-state index in [1.54, 1.807) is 19.9 Å². The maximum absolute atomic E-state index is 14.7. The quantitative estimate of drug-likeness (QED) is 0.0254. The molecule has 28 heteroatoms. The number of aliphatic hydroxyl groups excluding tert-OH is 2. The van der Waals surface area contributed by atoms with Crippen molar-refractivity contribution in [2.24, 2.45) is 11.7 Å². The van der Waals surface area contributed by atoms with Gasteiger partial charge in [-0.05, 0) is 32.2 Å². The summed E-state index contributed by atoms with van der Waals surface area (Å²) < 4.78 is 59.7. The van der Waals surface area contributed by atoms with Gasteiger partial charge in [-0.15, -0.1) is 0 Å². The Morgan fingerprint density at radius 3 is 2.12 bits per heavy atom. The van der Waals surface area contributed by atoms with Crippen LogP contribution in [0.1, 0.15) is 130 Å². The van der Waals surface area contributed by atoms with Gasteiger partial charge >= 0.3 is 41.5 Å². The Morgan fingerprint density at radius 1 is 0.795 bits per heavy atom. The van der Waals surface area contributed by atoms with Crippen LogP contribution in [0.4, 0.5) is 0 Å². The van der Waals surface area contributed by atoms with Crippen molar-refractivity contribution in [1.29, 1.82) is 0 Å². The lowest BCUT2D eigenvalue weighted by Gasteiger charge is -2.44. The number of aliphatic carboxylic acids is 2. The normalized spacial score (nSPS) is 29.7. The van der Waals surface area contributed by atoms with E-state index in [0.717, 1.165) is 54.1 Å². The number of aromatic nitrogens is 2. The number of esters is 4. The summed E-state index contributed by atoms with van der Waals surface area (Å²) in [5.74, 6) is -7.77. The molecule has 17 atom stereocenters. The number of allylic oxidation sites excluding steroid dienone is 1. The molecule has 83 heavy (non-hydrogen) atoms. The lowest BCUT2D eigenvalue weighted by molar-refractivity contribution is -0.299. The molecule has 468 valence electrons. The van der Waals surface area contributed by atoms with E-state index in [4.69, 9.17) is 58.2 Å². The molecule has 0 aliphatic carbocycles. The van der Waals surface area contributed by atoms with Gasteiger partial charge in [0.2, 0.25) is 12.2 Å². The minimum Gasteiger partial charge on any atom is -0.481 e. The number of nitrogens with two attached hydrogens (primary N) is 1. The highest BCUT2D eigenvalue weighted by Gasteiger charge is 2.54. The SMILES string of the molecule is CCCCCCCC/C=C/CC(CC(=O)OC1CN(C)C(C(OC2CC(O)C(CN)O2)C2OC(n3ccc(=O)[nH]c3=O)CC2O)C(=O)N(C)C1C(=O)O)OC(=O)CC(C)CC(=O)OC1OC(CC)C(OC)C(OC(=O)CCC(=O)O)C1OC. The van der Waals surface area contributed by atoms with E-state index in [-0.39, 0.29) is 38.6 Å². The summed E-state index contributed by atoms with van der Waals surface area (Å²) in [6.07, 6.45) is -6.95. The number of likely N-dealkylation sites (N-methyl/N-ethyl adjacent to an activating group) is 2. The third-order valence-electron chi connectivity index (χ3n) is 15.1. The van der Waals surface area contributed by atoms with Crippen LogP contribution >= 0.6 is 0 Å². The monoisotopic (exact) mass is 1180 g/mol. The molecule has 4 saturated heterocycles. The molecule has 0 aromatic carbocycles. The van der Waals surface area contributed by atoms with Crippen molar-refractivity contribution in [3.05, 3.63) is 45.3 Å². The molecule has 0 radical (unpaired) electrons. The van der Waals surface area contributed by atoms with Gasteiger partial charge in [0, 0.05) is 78.7 Å². The highest BCUT2D eigenvalue weighted by Crippen LogP contribution is 2.37. The summed E-state index contributed by atoms with van der Waals surface area (Å²) in [5, 5.41) is 42.0. The second-order valence-corrected chi connectivity index (χ2v) is 21.5. The van der Waals surface area contributed by atoms with Crippen molar-refractivity contribution in [3.8, 4) is 0 Å². The van der Waals surface area contributed by atoms with Crippen LogP contribution < -0.4 is 17.0 Å². The summed E-state index contributed by atoms with van der Waals surface area (Å²) in [4.78, 5) is 122. The smallest absolute Gasteiger partial charge is 0.330 e. The molecular weight excluding hydrogens is 1100 g/mol. The molecule has 7 N–H and O–H groups in total. The van der Waals surface area contributed by atoms with E-state index < -0.39 is 183 Å². The minimum atomic E-state index is -1.80. The first-order valence-corrected chi connectivity index (χ1v) is 28.4. The van der Waals surface area contributed by atoms with Crippen LogP contribution in [-0.2, 0) is 80.9 Å². The van der Waals surface area contributed by atoms with Crippen LogP contribution in [0.2, 0.25) is 0 Å². The fraction of sp³-hybridized carbons (Fsp3) is 0.764. The number of carbonyl (C=O) groups is 7. The number of amides is 1. The Balaban J connectivity index is 1.31. The second kappa shape index (κ2) is 33.1. The molecule has 17 unspecified atom stereocenters. The number of carbonyl (C=O) groups excluding carboxylic acids is 5. The zero-order valence-electron chi connectivity index (χ0n) is 48.3. The number of carboxylic acid groups (broad SMARTS) is 2. The van der Waals surface area contributed by atoms with Gasteiger partial charge in [-0.3, -0.25) is 48.0 Å². The Hall–Kier alpha value is -5.69. The predicted molar refractivity (Wildman–Crippen MR) is 288 cm³/mol. The van der Waals surface area contributed by atoms with E-state index in [1.165, 1.54) is 39.4 Å². The number of ether oxygens (including phenoxy) is 10. The van der Waals surface area contributed by atoms with E-state index in [9.17, 15) is 58.5 Å². The van der Waals surface area contributed by atoms with Crippen molar-refractivity contribution in [3.63, 3.8) is 0 Å². The van der Waals surface area contributed by atoms with Gasteiger partial charge in [0.1, 0.15) is 42.8 Å². The summed E-state index contributed by atoms with van der Waals surface area (Å²) in [7, 11) is 5.27. The molecule has 28 nitrogen and oxygen atoms in total. The molecule has 5 rings (SSSR count). The number of methoxy groups -OCH3 is 2. The van der Waals surface area contributed by atoms with Gasteiger partial charge in [-0.1, -0.05) is 65.0 Å². The van der Waals surface area contributed by atoms with Crippen molar-refractivity contribution < 1.29 is 101 Å². The van der Waals surface area contributed by atoms with Crippen LogP contribution in [0.3, 0.4) is 0 Å². The summed E-state index contributed by atoms with van der Waals surface area (Å²) in [6, 6.07) is -2.22. The number of H-pyrrole nitrogens is 1. The van der Waals surface area contributed by atoms with Gasteiger partial charge in [0.15, 0.2) is 24.5 Å². The Kier molecular flexibility index (Phi) is 27.2. The summed E-state index contributed by atoms with van der Waals surface area (Å²) >= 11 is 0. The van der Waals surface area contributed by atoms with Gasteiger partial charge in [-0.25, -0.2) is 9.59 Å². The third-order valence-corrected chi connectivity index (χ3v) is 15.1. The zero-order valence-corrected chi connectivity index (χ0v) is 48.3. The second-order valence-electron chi connectivity index (χ2n) is 21.5. The molecule has 1 aromatic heterocycles. The number of carboxylic acids is 2. The molecule has 1 amide bonds. The first-order chi connectivity index (χ1) is 39.5. The molecule has 1 aromatic rings. The topological polar surface area (TPSA) is 380 Å². The van der Waals surface area contributed by atoms with Crippen LogP contribution in [0.15, 0.2) is 34.0 Å². The number of rotatable bonds is 32. The highest BCUT2D eigenvalue weighted by molar-refractivity contribution is 5.89. The fourth-order valence-corrected chi connectivity index (χ4v) is 10.8. The first kappa shape index (κ1) is 68.1. The molecule has 5 heterocycles. The van der Waals surface area contributed by atoms with Gasteiger partial charge in [0.05, 0.1) is 43.7 Å². The molecule has 4 fully saturated rings. The molecular formula is C55H85N5O23. The minimum absolute atomic E-state index is 0.0406. The van der Waals surface area contributed by atoms with Gasteiger partial charge in [0.25, 0.3) is 5.56 Å². The molecule has 0 spiro atoms. The number of unbranched alkanes of at least 4 members (excludes halogenated alkanes) is 6. The van der Waals surface area contributed by atoms with E-state index in [0.29, 0.717) is 12.8 Å². The Morgan fingerprint density at radius 2 is 1.48 bits per heavy atom. The van der Waals surface area contributed by atoms with E-state index in [1.807, 2.05) is 6.08 Å². The van der Waals surface area contributed by atoms with Crippen LogP contribution in [-0.4, -0.2) is 215 Å². The van der Waals surface area contributed by atoms with E-state index >= 15 is 0 Å². The largest absolute Gasteiger partial charge is 0.481 e. The number of nitrogens with one attached hydrogen (secondary N) is 1. The number of aliphatic hydroxyl groups is 2. The molecule has 4 aliphatic heterocycles. The van der Waals surface area contributed by atoms with Crippen LogP contribution in [0.5, 0.6) is 0 Å². The van der Waals surface area contributed by atoms with Gasteiger partial charge in [-0.2, -0.15) is 0 Å². The fourth-order valence-electron chi connectivity index (χ4n) is 10.8. The average molecular weight is 1180 g/mol. The highest BCUT2D eigenvalue weighted by atomic mass is 16.7. The average Bonchev–Trinajstić information content (AvgIpc) is 3.23. The number of aromatic amines is 1. The predicted octanol–water partition coefficient (Wildman–Crippen LogP) is 1.04. The standard InChI is InChI=1S/C55H85N5O23/c1-8-10-11-12-13-14-15-16-17-18-31(76-41(67)23-30(3)24-42(68)82-54-51(75-7)50(48(74-6)34(9-2)79-54)81-40(66)20-19-39(64)65)25-43(69)77-36-29-58(4)46(52(70)59(5)45(36)53(71)72)49(83-44-27-32(61)35(28-56)78-44)47-33(62)26-38(80-47)60-22-21-37(63)57-55(60)73/h16-17,21-22,30-36,38,44-51,54,61-62H,8-15,18-20,23-29,56H2,1-7H3,(H,64,65)(H,71,72)(H,57,63,73)/b17-16+. The molecule has 4 aliphatic rings. The Bertz CT molecular complexity index is 2460. The van der Waals surface area contributed by atoms with Crippen molar-refractivity contribution >= 4 is 41.7 Å². The van der Waals surface area contributed by atoms with Gasteiger partial charge < -0.3 is 78.4 Å². The number of hydrogen-bond donors (Lipinski definition) is 6. The number of hydrogen-bond acceptors (Lipinski definition) is 23. The van der Waals surface area contributed by atoms with Crippen LogP contribution in [0, 0.1) is 5.92 Å². The number of nitrogens with zero attached hydrogens (tertiary/aromatic N) is 3. The van der Waals surface area contributed by atoms with Crippen LogP contribution in [0.25, 0.3) is 0 Å². The first-order valence-electron chi connectivity index (χ1n) is 28.4. The molecule has 0 saturated carbocycles. The lowest BCUT2D eigenvalue weighted by atomic mass is 9.96. The Labute approximate surface area is 481 Å². The summed E-state index contributed by atoms with van der Waals surface area (Å²) in [6.45, 7) is 4.97. The van der Waals surface area contributed by atoms with Crippen molar-refractivity contribution in [2.45, 2.75) is 222 Å². The van der Waals surface area contributed by atoms with E-state index in [2.05, 4.69) is 11.9 Å². The van der Waals surface area contributed by atoms with Crippen molar-refractivity contribution in [2.75, 3.05) is 41.4 Å². The lowest BCUT2D eigenvalue weighted by Crippen LogP contribution is -2.61. The third kappa shape index (κ3) is 19.4.